The van der Waals surface area contributed by atoms with E-state index in [4.69, 9.17) is 5.11 Å². The zero-order chi connectivity index (χ0) is 10.7. The van der Waals surface area contributed by atoms with Crippen molar-refractivity contribution < 1.29 is 14.7 Å². The highest BCUT2D eigenvalue weighted by atomic mass is 32.1. The molecule has 1 rings (SSSR count). The van der Waals surface area contributed by atoms with Crippen molar-refractivity contribution in [2.75, 3.05) is 4.90 Å². The molecule has 76 valence electrons. The van der Waals surface area contributed by atoms with Gasteiger partial charge in [0.1, 0.15) is 6.04 Å². The van der Waals surface area contributed by atoms with Crippen LogP contribution in [0.2, 0.25) is 0 Å². The third-order valence-corrected chi connectivity index (χ3v) is 2.48. The Balaban J connectivity index is 2.97. The van der Waals surface area contributed by atoms with E-state index in [-0.39, 0.29) is 5.91 Å². The molecule has 1 atom stereocenters. The first-order valence-electron chi connectivity index (χ1n) is 3.96. The molecular formula is C8H10N2O3S. The van der Waals surface area contributed by atoms with E-state index >= 15 is 0 Å². The Morgan fingerprint density at radius 3 is 2.64 bits per heavy atom. The summed E-state index contributed by atoms with van der Waals surface area (Å²) in [5.41, 5.74) is 0. The molecule has 0 aromatic carbocycles. The minimum atomic E-state index is -1.05. The summed E-state index contributed by atoms with van der Waals surface area (Å²) in [7, 11) is 0. The Hall–Kier alpha value is -1.43. The van der Waals surface area contributed by atoms with Crippen molar-refractivity contribution in [2.45, 2.75) is 19.9 Å². The van der Waals surface area contributed by atoms with Crippen LogP contribution >= 0.6 is 11.3 Å². The number of amides is 1. The van der Waals surface area contributed by atoms with Gasteiger partial charge in [-0.1, -0.05) is 0 Å². The SMILES string of the molecule is CC(=O)N(c1nccs1)[C@@H](C)C(=O)O. The highest BCUT2D eigenvalue weighted by Gasteiger charge is 2.26. The molecule has 0 spiro atoms. The summed E-state index contributed by atoms with van der Waals surface area (Å²) in [6.45, 7) is 2.77. The van der Waals surface area contributed by atoms with Crippen molar-refractivity contribution in [3.63, 3.8) is 0 Å². The summed E-state index contributed by atoms with van der Waals surface area (Å²) >= 11 is 1.24. The van der Waals surface area contributed by atoms with Gasteiger partial charge in [-0.25, -0.2) is 9.78 Å². The molecule has 6 heteroatoms. The lowest BCUT2D eigenvalue weighted by atomic mass is 10.3. The number of hydrogen-bond acceptors (Lipinski definition) is 4. The van der Waals surface area contributed by atoms with Crippen molar-refractivity contribution in [3.05, 3.63) is 11.6 Å². The summed E-state index contributed by atoms with van der Waals surface area (Å²) in [5, 5.41) is 10.9. The van der Waals surface area contributed by atoms with Gasteiger partial charge < -0.3 is 5.11 Å². The Bertz CT molecular complexity index is 336. The van der Waals surface area contributed by atoms with Crippen LogP contribution in [0.3, 0.4) is 0 Å². The minimum absolute atomic E-state index is 0.324. The third kappa shape index (κ3) is 2.08. The molecule has 0 aliphatic heterocycles. The number of nitrogens with zero attached hydrogens (tertiary/aromatic N) is 2. The summed E-state index contributed by atoms with van der Waals surface area (Å²) in [6.07, 6.45) is 1.53. The van der Waals surface area contributed by atoms with Gasteiger partial charge in [-0.05, 0) is 6.92 Å². The Labute approximate surface area is 85.0 Å². The maximum Gasteiger partial charge on any atom is 0.326 e. The number of carboxylic acids is 1. The number of thiazole rings is 1. The molecule has 0 aliphatic carbocycles. The van der Waals surface area contributed by atoms with Gasteiger partial charge in [0.15, 0.2) is 5.13 Å². The van der Waals surface area contributed by atoms with E-state index in [1.807, 2.05) is 0 Å². The third-order valence-electron chi connectivity index (χ3n) is 1.71. The molecule has 0 unspecified atom stereocenters. The average molecular weight is 214 g/mol. The number of anilines is 1. The fourth-order valence-corrected chi connectivity index (χ4v) is 1.78. The Morgan fingerprint density at radius 1 is 1.64 bits per heavy atom. The van der Waals surface area contributed by atoms with Crippen LogP contribution in [-0.2, 0) is 9.59 Å². The second-order valence-corrected chi connectivity index (χ2v) is 3.59. The smallest absolute Gasteiger partial charge is 0.326 e. The van der Waals surface area contributed by atoms with Crippen LogP contribution in [0, 0.1) is 0 Å². The van der Waals surface area contributed by atoms with Crippen LogP contribution in [0.5, 0.6) is 0 Å². The van der Waals surface area contributed by atoms with Crippen LogP contribution in [0.25, 0.3) is 0 Å². The van der Waals surface area contributed by atoms with Crippen molar-refractivity contribution in [1.29, 1.82) is 0 Å². The number of hydrogen-bond donors (Lipinski definition) is 1. The van der Waals surface area contributed by atoms with Gasteiger partial charge in [0.2, 0.25) is 5.91 Å². The van der Waals surface area contributed by atoms with Crippen molar-refractivity contribution in [3.8, 4) is 0 Å². The molecule has 5 nitrogen and oxygen atoms in total. The van der Waals surface area contributed by atoms with Gasteiger partial charge in [-0.2, -0.15) is 0 Å². The number of carboxylic acid groups (broad SMARTS) is 1. The van der Waals surface area contributed by atoms with Crippen LogP contribution < -0.4 is 4.90 Å². The van der Waals surface area contributed by atoms with Gasteiger partial charge >= 0.3 is 5.97 Å². The maximum atomic E-state index is 11.2. The van der Waals surface area contributed by atoms with Gasteiger partial charge in [0, 0.05) is 18.5 Å². The molecule has 0 bridgehead atoms. The normalized spacial score (nSPS) is 12.1. The predicted molar refractivity (Wildman–Crippen MR) is 52.4 cm³/mol. The fraction of sp³-hybridized carbons (Fsp3) is 0.375. The van der Waals surface area contributed by atoms with E-state index < -0.39 is 12.0 Å². The van der Waals surface area contributed by atoms with E-state index in [2.05, 4.69) is 4.98 Å². The number of aromatic nitrogens is 1. The molecule has 1 aromatic rings. The summed E-state index contributed by atoms with van der Waals surface area (Å²) in [6, 6.07) is -0.890. The van der Waals surface area contributed by atoms with Gasteiger partial charge in [0.05, 0.1) is 0 Å². The van der Waals surface area contributed by atoms with Crippen molar-refractivity contribution in [1.82, 2.24) is 4.98 Å². The largest absolute Gasteiger partial charge is 0.480 e. The molecule has 0 radical (unpaired) electrons. The first kappa shape index (κ1) is 10.6. The lowest BCUT2D eigenvalue weighted by Gasteiger charge is -2.21. The molecule has 0 aliphatic rings. The van der Waals surface area contributed by atoms with Crippen LogP contribution in [-0.4, -0.2) is 28.0 Å². The molecule has 1 amide bonds. The van der Waals surface area contributed by atoms with E-state index in [9.17, 15) is 9.59 Å². The van der Waals surface area contributed by atoms with E-state index in [0.29, 0.717) is 5.13 Å². The average Bonchev–Trinajstić information content (AvgIpc) is 2.56. The molecule has 1 N–H and O–H groups in total. The summed E-state index contributed by atoms with van der Waals surface area (Å²) in [5.74, 6) is -1.37. The second-order valence-electron chi connectivity index (χ2n) is 2.72. The number of rotatable bonds is 3. The number of carbonyl (C=O) groups excluding carboxylic acids is 1. The minimum Gasteiger partial charge on any atom is -0.480 e. The zero-order valence-corrected chi connectivity index (χ0v) is 8.61. The molecule has 0 saturated carbocycles. The lowest BCUT2D eigenvalue weighted by Crippen LogP contribution is -2.42. The molecule has 1 heterocycles. The Morgan fingerprint density at radius 2 is 2.29 bits per heavy atom. The van der Waals surface area contributed by atoms with Crippen LogP contribution in [0.4, 0.5) is 5.13 Å². The second kappa shape index (κ2) is 4.19. The van der Waals surface area contributed by atoms with E-state index in [0.717, 1.165) is 4.90 Å². The predicted octanol–water partition coefficient (Wildman–Crippen LogP) is 0.969. The van der Waals surface area contributed by atoms with Crippen LogP contribution in [0.1, 0.15) is 13.8 Å². The molecule has 1 aromatic heterocycles. The van der Waals surface area contributed by atoms with Gasteiger partial charge in [0.25, 0.3) is 0 Å². The topological polar surface area (TPSA) is 70.5 Å². The van der Waals surface area contributed by atoms with Crippen LogP contribution in [0.15, 0.2) is 11.6 Å². The van der Waals surface area contributed by atoms with E-state index in [1.165, 1.54) is 31.4 Å². The molecule has 14 heavy (non-hydrogen) atoms. The standard InChI is InChI=1S/C8H10N2O3S/c1-5(7(12)13)10(6(2)11)8-9-3-4-14-8/h3-5H,1-2H3,(H,12,13)/t5-/m0/s1. The highest BCUT2D eigenvalue weighted by Crippen LogP contribution is 2.20. The Kier molecular flexibility index (Phi) is 3.19. The molecular weight excluding hydrogens is 204 g/mol. The zero-order valence-electron chi connectivity index (χ0n) is 7.80. The summed E-state index contributed by atoms with van der Waals surface area (Å²) < 4.78 is 0. The quantitative estimate of drug-likeness (QED) is 0.813. The van der Waals surface area contributed by atoms with Crippen molar-refractivity contribution in [2.24, 2.45) is 0 Å². The summed E-state index contributed by atoms with van der Waals surface area (Å²) in [4.78, 5) is 27.0. The molecule has 0 fully saturated rings. The van der Waals surface area contributed by atoms with Crippen molar-refractivity contribution >= 4 is 28.3 Å². The first-order valence-corrected chi connectivity index (χ1v) is 4.84. The maximum absolute atomic E-state index is 11.2. The monoisotopic (exact) mass is 214 g/mol. The first-order chi connectivity index (χ1) is 6.54. The van der Waals surface area contributed by atoms with E-state index in [1.54, 1.807) is 5.38 Å². The molecule has 0 saturated heterocycles. The lowest BCUT2D eigenvalue weighted by molar-refractivity contribution is -0.139. The van der Waals surface area contributed by atoms with Gasteiger partial charge in [-0.3, -0.25) is 9.69 Å². The number of carbonyl (C=O) groups is 2. The number of aliphatic carboxylic acids is 1. The highest BCUT2D eigenvalue weighted by molar-refractivity contribution is 7.13. The fourth-order valence-electron chi connectivity index (χ4n) is 1.02. The van der Waals surface area contributed by atoms with Gasteiger partial charge in [-0.15, -0.1) is 11.3 Å².